The van der Waals surface area contributed by atoms with E-state index in [0.29, 0.717) is 5.92 Å². The molecule has 0 amide bonds. The molecule has 1 heteroatoms. The number of hydrogen-bond acceptors (Lipinski definition) is 1. The van der Waals surface area contributed by atoms with Crippen LogP contribution in [0.2, 0.25) is 0 Å². The monoisotopic (exact) mass is 244 g/mol. The van der Waals surface area contributed by atoms with Crippen LogP contribution in [0, 0.1) is 11.8 Å². The van der Waals surface area contributed by atoms with Crippen molar-refractivity contribution in [2.45, 2.75) is 58.0 Å². The Hall–Kier alpha value is -0.820. The number of aliphatic hydroxyl groups excluding tert-OH is 1. The Morgan fingerprint density at radius 2 is 2.00 bits per heavy atom. The lowest BCUT2D eigenvalue weighted by Crippen LogP contribution is -2.29. The molecule has 98 valence electrons. The van der Waals surface area contributed by atoms with Gasteiger partial charge in [-0.2, -0.15) is 0 Å². The molecule has 3 unspecified atom stereocenters. The van der Waals surface area contributed by atoms with Crippen molar-refractivity contribution in [3.63, 3.8) is 0 Å². The number of fused-ring (bicyclic) bond motifs is 1. The van der Waals surface area contributed by atoms with Crippen molar-refractivity contribution in [1.29, 1.82) is 0 Å². The van der Waals surface area contributed by atoms with Crippen LogP contribution in [0.5, 0.6) is 0 Å². The maximum absolute atomic E-state index is 10.1. The topological polar surface area (TPSA) is 20.2 Å². The maximum Gasteiger partial charge on any atom is 0.0571 e. The van der Waals surface area contributed by atoms with Crippen molar-refractivity contribution >= 4 is 0 Å². The number of aliphatic hydroxyl groups is 1. The summed E-state index contributed by atoms with van der Waals surface area (Å²) in [4.78, 5) is 0. The van der Waals surface area contributed by atoms with Gasteiger partial charge in [-0.15, -0.1) is 0 Å². The first-order valence-electron chi connectivity index (χ1n) is 7.51. The van der Waals surface area contributed by atoms with Gasteiger partial charge in [0.1, 0.15) is 0 Å². The van der Waals surface area contributed by atoms with Crippen molar-refractivity contribution in [3.05, 3.63) is 34.9 Å². The van der Waals surface area contributed by atoms with Crippen LogP contribution in [0.4, 0.5) is 0 Å². The molecule has 1 fully saturated rings. The zero-order valence-corrected chi connectivity index (χ0v) is 11.4. The first-order chi connectivity index (χ1) is 8.72. The third-order valence-electron chi connectivity index (χ3n) is 4.87. The van der Waals surface area contributed by atoms with E-state index in [0.717, 1.165) is 18.8 Å². The predicted molar refractivity (Wildman–Crippen MR) is 74.7 cm³/mol. The van der Waals surface area contributed by atoms with Crippen LogP contribution in [-0.4, -0.2) is 11.2 Å². The zero-order valence-electron chi connectivity index (χ0n) is 11.4. The lowest BCUT2D eigenvalue weighted by molar-refractivity contribution is 0.0519. The second-order valence-electron chi connectivity index (χ2n) is 6.41. The Labute approximate surface area is 110 Å². The van der Waals surface area contributed by atoms with Crippen molar-refractivity contribution in [1.82, 2.24) is 0 Å². The fourth-order valence-corrected chi connectivity index (χ4v) is 3.76. The molecule has 3 atom stereocenters. The molecule has 18 heavy (non-hydrogen) atoms. The molecule has 1 saturated carbocycles. The van der Waals surface area contributed by atoms with E-state index in [9.17, 15) is 5.11 Å². The van der Waals surface area contributed by atoms with Crippen molar-refractivity contribution < 1.29 is 5.11 Å². The van der Waals surface area contributed by atoms with Gasteiger partial charge in [-0.05, 0) is 73.5 Å². The number of benzene rings is 1. The van der Waals surface area contributed by atoms with Crippen molar-refractivity contribution in [3.8, 4) is 0 Å². The molecule has 0 bridgehead atoms. The molecular formula is C17H24O. The molecule has 2 aliphatic rings. The second kappa shape index (κ2) is 5.05. The van der Waals surface area contributed by atoms with Gasteiger partial charge in [0.15, 0.2) is 0 Å². The Kier molecular flexibility index (Phi) is 3.43. The molecule has 2 aliphatic carbocycles. The van der Waals surface area contributed by atoms with Gasteiger partial charge in [0.05, 0.1) is 6.10 Å². The summed E-state index contributed by atoms with van der Waals surface area (Å²) in [6, 6.07) is 7.00. The zero-order chi connectivity index (χ0) is 12.5. The summed E-state index contributed by atoms with van der Waals surface area (Å²) < 4.78 is 0. The molecule has 0 heterocycles. The van der Waals surface area contributed by atoms with Crippen molar-refractivity contribution in [2.75, 3.05) is 0 Å². The standard InChI is InChI=1S/C17H24O/c1-12-5-8-17(18)16(9-12)11-13-6-7-14-3-2-4-15(14)10-13/h6-7,10,12,16-18H,2-5,8-9,11H2,1H3. The Bertz CT molecular complexity index is 424. The minimum atomic E-state index is -0.0746. The highest BCUT2D eigenvalue weighted by Crippen LogP contribution is 2.32. The SMILES string of the molecule is CC1CCC(O)C(Cc2ccc3c(c2)CCC3)C1. The number of rotatable bonds is 2. The lowest BCUT2D eigenvalue weighted by atomic mass is 9.77. The van der Waals surface area contributed by atoms with Gasteiger partial charge in [-0.3, -0.25) is 0 Å². The molecule has 0 aliphatic heterocycles. The summed E-state index contributed by atoms with van der Waals surface area (Å²) in [6.45, 7) is 2.32. The van der Waals surface area contributed by atoms with Gasteiger partial charge in [0, 0.05) is 0 Å². The fraction of sp³-hybridized carbons (Fsp3) is 0.647. The number of aryl methyl sites for hydroxylation is 2. The van der Waals surface area contributed by atoms with Crippen LogP contribution >= 0.6 is 0 Å². The average Bonchev–Trinajstić information content (AvgIpc) is 2.81. The largest absolute Gasteiger partial charge is 0.393 e. The maximum atomic E-state index is 10.1. The van der Waals surface area contributed by atoms with E-state index in [-0.39, 0.29) is 6.10 Å². The van der Waals surface area contributed by atoms with Gasteiger partial charge in [0.2, 0.25) is 0 Å². The molecule has 1 aromatic rings. The third-order valence-corrected chi connectivity index (χ3v) is 4.87. The predicted octanol–water partition coefficient (Wildman–Crippen LogP) is 3.51. The van der Waals surface area contributed by atoms with Gasteiger partial charge < -0.3 is 5.11 Å². The summed E-state index contributed by atoms with van der Waals surface area (Å²) in [6.07, 6.45) is 8.22. The molecule has 1 nitrogen and oxygen atoms in total. The van der Waals surface area contributed by atoms with E-state index in [4.69, 9.17) is 0 Å². The molecule has 0 saturated heterocycles. The fourth-order valence-electron chi connectivity index (χ4n) is 3.76. The minimum absolute atomic E-state index is 0.0746. The lowest BCUT2D eigenvalue weighted by Gasteiger charge is -2.31. The highest BCUT2D eigenvalue weighted by atomic mass is 16.3. The Morgan fingerprint density at radius 3 is 2.89 bits per heavy atom. The van der Waals surface area contributed by atoms with Gasteiger partial charge in [0.25, 0.3) is 0 Å². The van der Waals surface area contributed by atoms with E-state index >= 15 is 0 Å². The van der Waals surface area contributed by atoms with E-state index in [1.165, 1.54) is 37.7 Å². The number of hydrogen-bond donors (Lipinski definition) is 1. The molecular weight excluding hydrogens is 220 g/mol. The van der Waals surface area contributed by atoms with E-state index in [2.05, 4.69) is 25.1 Å². The van der Waals surface area contributed by atoms with Gasteiger partial charge >= 0.3 is 0 Å². The van der Waals surface area contributed by atoms with Gasteiger partial charge in [-0.25, -0.2) is 0 Å². The van der Waals surface area contributed by atoms with Crippen LogP contribution in [0.25, 0.3) is 0 Å². The minimum Gasteiger partial charge on any atom is -0.393 e. The van der Waals surface area contributed by atoms with E-state index in [1.807, 2.05) is 0 Å². The molecule has 1 N–H and O–H groups in total. The normalized spacial score (nSPS) is 31.3. The summed E-state index contributed by atoms with van der Waals surface area (Å²) in [5.74, 6) is 1.26. The Balaban J connectivity index is 1.72. The van der Waals surface area contributed by atoms with Crippen LogP contribution in [0.3, 0.4) is 0 Å². The quantitative estimate of drug-likeness (QED) is 0.844. The Morgan fingerprint density at radius 1 is 1.17 bits per heavy atom. The van der Waals surface area contributed by atoms with Crippen LogP contribution in [-0.2, 0) is 19.3 Å². The molecule has 3 rings (SSSR count). The summed E-state index contributed by atoms with van der Waals surface area (Å²) in [5.41, 5.74) is 4.55. The first-order valence-corrected chi connectivity index (χ1v) is 7.51. The molecule has 0 spiro atoms. The smallest absolute Gasteiger partial charge is 0.0571 e. The third kappa shape index (κ3) is 2.47. The molecule has 0 aromatic heterocycles. The van der Waals surface area contributed by atoms with Gasteiger partial charge in [-0.1, -0.05) is 25.1 Å². The summed E-state index contributed by atoms with van der Waals surface area (Å²) >= 11 is 0. The summed E-state index contributed by atoms with van der Waals surface area (Å²) in [7, 11) is 0. The second-order valence-corrected chi connectivity index (χ2v) is 6.41. The average molecular weight is 244 g/mol. The van der Waals surface area contributed by atoms with Crippen LogP contribution in [0.15, 0.2) is 18.2 Å². The van der Waals surface area contributed by atoms with Crippen LogP contribution in [0.1, 0.15) is 49.3 Å². The molecule has 1 aromatic carbocycles. The van der Waals surface area contributed by atoms with E-state index in [1.54, 1.807) is 11.1 Å². The van der Waals surface area contributed by atoms with E-state index < -0.39 is 0 Å². The van der Waals surface area contributed by atoms with Crippen molar-refractivity contribution in [2.24, 2.45) is 11.8 Å². The molecule has 0 radical (unpaired) electrons. The first kappa shape index (κ1) is 12.2. The highest BCUT2D eigenvalue weighted by Gasteiger charge is 2.27. The summed E-state index contributed by atoms with van der Waals surface area (Å²) in [5, 5.41) is 10.1. The van der Waals surface area contributed by atoms with Crippen LogP contribution < -0.4 is 0 Å². The highest BCUT2D eigenvalue weighted by molar-refractivity contribution is 5.35.